The fourth-order valence-corrected chi connectivity index (χ4v) is 4.30. The molecule has 0 aliphatic heterocycles. The second-order valence-corrected chi connectivity index (χ2v) is 9.40. The lowest BCUT2D eigenvalue weighted by Gasteiger charge is -2.15. The van der Waals surface area contributed by atoms with E-state index in [1.54, 1.807) is 42.9 Å². The summed E-state index contributed by atoms with van der Waals surface area (Å²) >= 11 is 15.6. The van der Waals surface area contributed by atoms with Gasteiger partial charge in [0.25, 0.3) is 5.56 Å². The number of aromatic nitrogens is 8. The van der Waals surface area contributed by atoms with E-state index in [0.717, 1.165) is 0 Å². The molecule has 0 N–H and O–H groups in total. The van der Waals surface area contributed by atoms with Crippen LogP contribution in [0.2, 0.25) is 10.2 Å². The summed E-state index contributed by atoms with van der Waals surface area (Å²) in [7, 11) is 1.50. The van der Waals surface area contributed by atoms with Crippen LogP contribution in [-0.4, -0.2) is 46.6 Å². The Kier molecular flexibility index (Phi) is 6.75. The molecule has 0 spiro atoms. The molecule has 11 nitrogen and oxygen atoms in total. The van der Waals surface area contributed by atoms with E-state index in [0.29, 0.717) is 43.4 Å². The van der Waals surface area contributed by atoms with Gasteiger partial charge in [0.05, 0.1) is 37.9 Å². The molecule has 0 saturated heterocycles. The Hall–Kier alpha value is -4.05. The molecule has 1 aromatic carbocycles. The van der Waals surface area contributed by atoms with Crippen LogP contribution in [0.1, 0.15) is 11.4 Å². The third-order valence-corrected chi connectivity index (χ3v) is 6.17. The summed E-state index contributed by atoms with van der Waals surface area (Å²) in [4.78, 5) is 17.2. The van der Waals surface area contributed by atoms with E-state index in [4.69, 9.17) is 27.9 Å². The van der Waals surface area contributed by atoms with Crippen molar-refractivity contribution in [3.05, 3.63) is 91.5 Å². The minimum absolute atomic E-state index is 0.111. The number of rotatable bonds is 6. The second kappa shape index (κ2) is 10.1. The van der Waals surface area contributed by atoms with Crippen LogP contribution in [-0.2, 0) is 6.54 Å². The van der Waals surface area contributed by atoms with Crippen LogP contribution >= 0.6 is 39.1 Å². The SMILES string of the molecule is COc1cn(Cc2cn(-c3cc(Br)cnc3C#N)nn2)c(=O)cc1-c1cc(Cl)ccc1-n1cc(Cl)nn1. The van der Waals surface area contributed by atoms with Crippen LogP contribution in [0.25, 0.3) is 22.5 Å². The number of methoxy groups -OCH3 is 1. The molecule has 0 aliphatic carbocycles. The molecule has 4 heterocycles. The Bertz CT molecular complexity index is 1740. The second-order valence-electron chi connectivity index (χ2n) is 7.66. The van der Waals surface area contributed by atoms with Crippen LogP contribution in [0.3, 0.4) is 0 Å². The van der Waals surface area contributed by atoms with Crippen LogP contribution in [0.4, 0.5) is 0 Å². The average Bonchev–Trinajstić information content (AvgIpc) is 3.54. The molecule has 0 saturated carbocycles. The van der Waals surface area contributed by atoms with Gasteiger partial charge in [-0.05, 0) is 40.2 Å². The molecule has 5 aromatic rings. The smallest absolute Gasteiger partial charge is 0.251 e. The Morgan fingerprint density at radius 2 is 1.81 bits per heavy atom. The molecule has 37 heavy (non-hydrogen) atoms. The van der Waals surface area contributed by atoms with E-state index < -0.39 is 0 Å². The predicted molar refractivity (Wildman–Crippen MR) is 138 cm³/mol. The molecule has 0 bridgehead atoms. The van der Waals surface area contributed by atoms with Gasteiger partial charge in [-0.1, -0.05) is 33.6 Å². The normalized spacial score (nSPS) is 10.9. The maximum absolute atomic E-state index is 13.1. The molecule has 0 amide bonds. The summed E-state index contributed by atoms with van der Waals surface area (Å²) in [5.74, 6) is 0.421. The first-order chi connectivity index (χ1) is 17.9. The summed E-state index contributed by atoms with van der Waals surface area (Å²) in [5, 5.41) is 26.1. The van der Waals surface area contributed by atoms with Crippen molar-refractivity contribution in [1.82, 2.24) is 39.5 Å². The molecule has 14 heteroatoms. The summed E-state index contributed by atoms with van der Waals surface area (Å²) in [6, 6.07) is 10.3. The molecule has 0 atom stereocenters. The number of halogens is 3. The molecule has 4 aromatic heterocycles. The van der Waals surface area contributed by atoms with Crippen molar-refractivity contribution in [2.75, 3.05) is 7.11 Å². The van der Waals surface area contributed by atoms with Crippen LogP contribution in [0.5, 0.6) is 5.75 Å². The molecule has 184 valence electrons. The molecule has 0 unspecified atom stereocenters. The number of benzene rings is 1. The van der Waals surface area contributed by atoms with Gasteiger partial charge >= 0.3 is 0 Å². The summed E-state index contributed by atoms with van der Waals surface area (Å²) in [6.07, 6.45) is 6.28. The number of nitriles is 1. The number of ether oxygens (including phenoxy) is 1. The van der Waals surface area contributed by atoms with Crippen molar-refractivity contribution in [3.63, 3.8) is 0 Å². The lowest BCUT2D eigenvalue weighted by atomic mass is 10.0. The fraction of sp³-hybridized carbons (Fsp3) is 0.0870. The van der Waals surface area contributed by atoms with E-state index in [1.165, 1.54) is 33.3 Å². The van der Waals surface area contributed by atoms with E-state index in [9.17, 15) is 10.1 Å². The van der Waals surface area contributed by atoms with Gasteiger partial charge in [-0.15, -0.1) is 10.2 Å². The third kappa shape index (κ3) is 4.97. The van der Waals surface area contributed by atoms with Crippen molar-refractivity contribution >= 4 is 39.1 Å². The zero-order chi connectivity index (χ0) is 26.1. The zero-order valence-electron chi connectivity index (χ0n) is 18.9. The minimum Gasteiger partial charge on any atom is -0.495 e. The maximum Gasteiger partial charge on any atom is 0.251 e. The van der Waals surface area contributed by atoms with Crippen LogP contribution in [0.15, 0.2) is 64.4 Å². The number of pyridine rings is 2. The van der Waals surface area contributed by atoms with Gasteiger partial charge in [-0.25, -0.2) is 14.3 Å². The Balaban J connectivity index is 1.53. The van der Waals surface area contributed by atoms with E-state index in [-0.39, 0.29) is 23.0 Å². The monoisotopic (exact) mass is 597 g/mol. The third-order valence-electron chi connectivity index (χ3n) is 5.33. The fourth-order valence-electron chi connectivity index (χ4n) is 3.69. The highest BCUT2D eigenvalue weighted by Crippen LogP contribution is 2.35. The quantitative estimate of drug-likeness (QED) is 0.286. The molecule has 0 aliphatic rings. The number of hydrogen-bond donors (Lipinski definition) is 0. The summed E-state index contributed by atoms with van der Waals surface area (Å²) in [6.45, 7) is 0.111. The minimum atomic E-state index is -0.310. The van der Waals surface area contributed by atoms with Gasteiger partial charge in [0.15, 0.2) is 10.8 Å². The van der Waals surface area contributed by atoms with Crippen LogP contribution < -0.4 is 10.3 Å². The molecular weight excluding hydrogens is 585 g/mol. The first-order valence-electron chi connectivity index (χ1n) is 10.5. The van der Waals surface area contributed by atoms with Crippen molar-refractivity contribution in [1.29, 1.82) is 5.26 Å². The largest absolute Gasteiger partial charge is 0.495 e. The van der Waals surface area contributed by atoms with E-state index >= 15 is 0 Å². The molecule has 5 rings (SSSR count). The highest BCUT2D eigenvalue weighted by atomic mass is 79.9. The lowest BCUT2D eigenvalue weighted by molar-refractivity contribution is 0.410. The zero-order valence-corrected chi connectivity index (χ0v) is 22.0. The van der Waals surface area contributed by atoms with Gasteiger partial charge < -0.3 is 9.30 Å². The first kappa shape index (κ1) is 24.6. The van der Waals surface area contributed by atoms with Crippen molar-refractivity contribution in [2.45, 2.75) is 6.54 Å². The maximum atomic E-state index is 13.1. The van der Waals surface area contributed by atoms with Crippen LogP contribution in [0, 0.1) is 11.3 Å². The van der Waals surface area contributed by atoms with Crippen molar-refractivity contribution < 1.29 is 4.74 Å². The highest BCUT2D eigenvalue weighted by Gasteiger charge is 2.17. The lowest BCUT2D eigenvalue weighted by Crippen LogP contribution is -2.20. The standard InChI is InChI=1S/C23H14BrCl2N9O2/c1-37-21-11-33(9-15-10-34(31-29-15)20-4-13(24)8-28-18(20)7-27)23(36)6-17(21)16-5-14(25)2-3-19(16)35-12-22(26)30-32-35/h2-6,8,10-12H,9H2,1H3. The summed E-state index contributed by atoms with van der Waals surface area (Å²) in [5.41, 5.74) is 2.54. The first-order valence-corrected chi connectivity index (χ1v) is 12.0. The van der Waals surface area contributed by atoms with E-state index in [1.807, 2.05) is 6.07 Å². The molecule has 0 radical (unpaired) electrons. The molecule has 0 fully saturated rings. The van der Waals surface area contributed by atoms with Gasteiger partial charge in [0, 0.05) is 32.9 Å². The van der Waals surface area contributed by atoms with Gasteiger partial charge in [0.1, 0.15) is 23.2 Å². The van der Waals surface area contributed by atoms with Crippen molar-refractivity contribution in [2.24, 2.45) is 0 Å². The topological polar surface area (TPSA) is 129 Å². The Morgan fingerprint density at radius 1 is 1.03 bits per heavy atom. The number of hydrogen-bond acceptors (Lipinski definition) is 8. The highest BCUT2D eigenvalue weighted by molar-refractivity contribution is 9.10. The number of nitrogens with zero attached hydrogens (tertiary/aromatic N) is 9. The van der Waals surface area contributed by atoms with Crippen molar-refractivity contribution in [3.8, 4) is 34.3 Å². The Morgan fingerprint density at radius 3 is 2.54 bits per heavy atom. The average molecular weight is 599 g/mol. The molecular formula is C23H14BrCl2N9O2. The van der Waals surface area contributed by atoms with E-state index in [2.05, 4.69) is 41.5 Å². The van der Waals surface area contributed by atoms with Gasteiger partial charge in [-0.2, -0.15) is 5.26 Å². The summed E-state index contributed by atoms with van der Waals surface area (Å²) < 4.78 is 10.7. The van der Waals surface area contributed by atoms with Gasteiger partial charge in [-0.3, -0.25) is 4.79 Å². The van der Waals surface area contributed by atoms with Gasteiger partial charge in [0.2, 0.25) is 0 Å². The Labute approximate surface area is 227 Å². The predicted octanol–water partition coefficient (Wildman–Crippen LogP) is 4.07.